The van der Waals surface area contributed by atoms with Crippen LogP contribution >= 0.6 is 11.6 Å². The van der Waals surface area contributed by atoms with E-state index in [9.17, 15) is 4.79 Å². The molecular formula is C19H18ClNO3. The van der Waals surface area contributed by atoms with Crippen LogP contribution in [0.15, 0.2) is 48.5 Å². The predicted octanol–water partition coefficient (Wildman–Crippen LogP) is 4.30. The van der Waals surface area contributed by atoms with E-state index in [1.165, 1.54) is 0 Å². The van der Waals surface area contributed by atoms with Crippen LogP contribution in [-0.4, -0.2) is 24.6 Å². The molecule has 1 aliphatic rings. The van der Waals surface area contributed by atoms with Gasteiger partial charge in [0, 0.05) is 18.1 Å². The second-order valence-corrected chi connectivity index (χ2v) is 6.06. The van der Waals surface area contributed by atoms with E-state index in [2.05, 4.69) is 0 Å². The van der Waals surface area contributed by atoms with Gasteiger partial charge in [-0.2, -0.15) is 0 Å². The zero-order chi connectivity index (χ0) is 17.1. The lowest BCUT2D eigenvalue weighted by atomic mass is 10.1. The van der Waals surface area contributed by atoms with Crippen molar-refractivity contribution in [3.8, 4) is 11.5 Å². The summed E-state index contributed by atoms with van der Waals surface area (Å²) in [7, 11) is 1.78. The van der Waals surface area contributed by atoms with E-state index in [-0.39, 0.29) is 18.7 Å². The number of hydrogen-bond donors (Lipinski definition) is 0. The van der Waals surface area contributed by atoms with Crippen molar-refractivity contribution in [1.82, 2.24) is 4.90 Å². The zero-order valence-corrected chi connectivity index (χ0v) is 14.3. The monoisotopic (exact) mass is 343 g/mol. The third-order valence-corrected chi connectivity index (χ3v) is 4.35. The van der Waals surface area contributed by atoms with Gasteiger partial charge in [0.05, 0.1) is 6.04 Å². The molecule has 1 aliphatic heterocycles. The van der Waals surface area contributed by atoms with Crippen LogP contribution in [0.1, 0.15) is 24.1 Å². The molecule has 24 heavy (non-hydrogen) atoms. The number of rotatable bonds is 4. The number of fused-ring (bicyclic) bond motifs is 1. The maximum absolute atomic E-state index is 12.4. The summed E-state index contributed by atoms with van der Waals surface area (Å²) in [6.07, 6.45) is 3.33. The molecule has 0 saturated heterocycles. The molecule has 4 nitrogen and oxygen atoms in total. The summed E-state index contributed by atoms with van der Waals surface area (Å²) in [5.74, 6) is 1.36. The lowest BCUT2D eigenvalue weighted by Crippen LogP contribution is -2.27. The summed E-state index contributed by atoms with van der Waals surface area (Å²) in [6.45, 7) is 2.22. The van der Waals surface area contributed by atoms with Crippen molar-refractivity contribution in [2.24, 2.45) is 0 Å². The molecule has 124 valence electrons. The Balaban J connectivity index is 1.68. The highest BCUT2D eigenvalue weighted by Crippen LogP contribution is 2.32. The van der Waals surface area contributed by atoms with E-state index >= 15 is 0 Å². The first-order valence-electron chi connectivity index (χ1n) is 7.64. The van der Waals surface area contributed by atoms with Crippen molar-refractivity contribution in [2.75, 3.05) is 13.8 Å². The van der Waals surface area contributed by atoms with Gasteiger partial charge in [0.2, 0.25) is 12.7 Å². The minimum atomic E-state index is -0.0740. The van der Waals surface area contributed by atoms with E-state index < -0.39 is 0 Å². The number of likely N-dealkylation sites (N-methyl/N-ethyl adjacent to an activating group) is 1. The number of halogens is 1. The van der Waals surface area contributed by atoms with Crippen LogP contribution < -0.4 is 9.47 Å². The highest BCUT2D eigenvalue weighted by atomic mass is 35.5. The van der Waals surface area contributed by atoms with E-state index in [1.807, 2.05) is 49.4 Å². The Hall–Kier alpha value is -2.46. The Morgan fingerprint density at radius 1 is 1.17 bits per heavy atom. The quantitative estimate of drug-likeness (QED) is 0.777. The number of hydrogen-bond acceptors (Lipinski definition) is 3. The summed E-state index contributed by atoms with van der Waals surface area (Å²) in [5.41, 5.74) is 1.92. The van der Waals surface area contributed by atoms with Crippen molar-refractivity contribution in [1.29, 1.82) is 0 Å². The third-order valence-electron chi connectivity index (χ3n) is 4.10. The maximum atomic E-state index is 12.4. The molecule has 0 aromatic heterocycles. The first kappa shape index (κ1) is 16.4. The molecule has 0 bridgehead atoms. The van der Waals surface area contributed by atoms with E-state index in [1.54, 1.807) is 24.1 Å². The van der Waals surface area contributed by atoms with Gasteiger partial charge in [0.15, 0.2) is 11.5 Å². The summed E-state index contributed by atoms with van der Waals surface area (Å²) in [4.78, 5) is 14.1. The van der Waals surface area contributed by atoms with Crippen LogP contribution in [0.4, 0.5) is 0 Å². The Labute approximate surface area is 146 Å². The number of carbonyl (C=O) groups excluding carboxylic acids is 1. The molecule has 0 aliphatic carbocycles. The lowest BCUT2D eigenvalue weighted by Gasteiger charge is -2.24. The Morgan fingerprint density at radius 3 is 2.62 bits per heavy atom. The Bertz CT molecular complexity index is 771. The zero-order valence-electron chi connectivity index (χ0n) is 13.5. The van der Waals surface area contributed by atoms with Crippen molar-refractivity contribution in [3.63, 3.8) is 0 Å². The minimum Gasteiger partial charge on any atom is -0.454 e. The Kier molecular flexibility index (Phi) is 4.76. The highest BCUT2D eigenvalue weighted by Gasteiger charge is 2.16. The largest absolute Gasteiger partial charge is 0.454 e. The van der Waals surface area contributed by atoms with E-state index in [0.29, 0.717) is 10.8 Å². The molecule has 1 heterocycles. The number of ether oxygens (including phenoxy) is 2. The molecule has 0 radical (unpaired) electrons. The SMILES string of the molecule is CC(c1ccc(Cl)cc1)N(C)C(=O)/C=C/c1ccc2c(c1)OCO2. The van der Waals surface area contributed by atoms with Gasteiger partial charge in [0.25, 0.3) is 0 Å². The van der Waals surface area contributed by atoms with Crippen LogP contribution in [0.3, 0.4) is 0 Å². The van der Waals surface area contributed by atoms with Crippen molar-refractivity contribution in [2.45, 2.75) is 13.0 Å². The molecule has 0 fully saturated rings. The molecule has 0 saturated carbocycles. The van der Waals surface area contributed by atoms with Crippen LogP contribution in [0.25, 0.3) is 6.08 Å². The van der Waals surface area contributed by atoms with Gasteiger partial charge in [-0.3, -0.25) is 4.79 Å². The molecular weight excluding hydrogens is 326 g/mol. The number of amides is 1. The fourth-order valence-electron chi connectivity index (χ4n) is 2.46. The highest BCUT2D eigenvalue weighted by molar-refractivity contribution is 6.30. The van der Waals surface area contributed by atoms with Crippen LogP contribution in [0.5, 0.6) is 11.5 Å². The van der Waals surface area contributed by atoms with E-state index in [0.717, 1.165) is 16.9 Å². The molecule has 1 unspecified atom stereocenters. The van der Waals surface area contributed by atoms with Crippen LogP contribution in [0, 0.1) is 0 Å². The Morgan fingerprint density at radius 2 is 1.88 bits per heavy atom. The predicted molar refractivity (Wildman–Crippen MR) is 94.2 cm³/mol. The second-order valence-electron chi connectivity index (χ2n) is 5.62. The topological polar surface area (TPSA) is 38.8 Å². The maximum Gasteiger partial charge on any atom is 0.246 e. The van der Waals surface area contributed by atoms with Gasteiger partial charge in [0.1, 0.15) is 0 Å². The smallest absolute Gasteiger partial charge is 0.246 e. The average molecular weight is 344 g/mol. The van der Waals surface area contributed by atoms with Crippen LogP contribution in [0.2, 0.25) is 5.02 Å². The van der Waals surface area contributed by atoms with Gasteiger partial charge in [-0.25, -0.2) is 0 Å². The van der Waals surface area contributed by atoms with Gasteiger partial charge in [-0.1, -0.05) is 29.8 Å². The molecule has 0 N–H and O–H groups in total. The van der Waals surface area contributed by atoms with Gasteiger partial charge < -0.3 is 14.4 Å². The number of carbonyl (C=O) groups is 1. The van der Waals surface area contributed by atoms with Crippen molar-refractivity contribution < 1.29 is 14.3 Å². The molecule has 1 atom stereocenters. The second kappa shape index (κ2) is 6.97. The number of benzene rings is 2. The fourth-order valence-corrected chi connectivity index (χ4v) is 2.58. The van der Waals surface area contributed by atoms with Gasteiger partial charge in [-0.15, -0.1) is 0 Å². The lowest BCUT2D eigenvalue weighted by molar-refractivity contribution is -0.126. The molecule has 3 rings (SSSR count). The van der Waals surface area contributed by atoms with Crippen LogP contribution in [-0.2, 0) is 4.79 Å². The first-order valence-corrected chi connectivity index (χ1v) is 8.02. The molecule has 1 amide bonds. The fraction of sp³-hybridized carbons (Fsp3) is 0.211. The summed E-state index contributed by atoms with van der Waals surface area (Å²) in [6, 6.07) is 13.1. The van der Waals surface area contributed by atoms with Crippen molar-refractivity contribution in [3.05, 3.63) is 64.7 Å². The van der Waals surface area contributed by atoms with Gasteiger partial charge in [-0.05, 0) is 48.4 Å². The summed E-state index contributed by atoms with van der Waals surface area (Å²) in [5, 5.41) is 0.683. The van der Waals surface area contributed by atoms with Gasteiger partial charge >= 0.3 is 0 Å². The summed E-state index contributed by atoms with van der Waals surface area (Å²) >= 11 is 5.91. The minimum absolute atomic E-state index is 0.0452. The van der Waals surface area contributed by atoms with E-state index in [4.69, 9.17) is 21.1 Å². The molecule has 2 aromatic rings. The standard InChI is InChI=1S/C19H18ClNO3/c1-13(15-5-7-16(20)8-6-15)21(2)19(22)10-4-14-3-9-17-18(11-14)24-12-23-17/h3-11,13H,12H2,1-2H3/b10-4+. The van der Waals surface area contributed by atoms with Crippen molar-refractivity contribution >= 4 is 23.6 Å². The number of nitrogens with zero attached hydrogens (tertiary/aromatic N) is 1. The molecule has 5 heteroatoms. The normalized spacial score (nSPS) is 14.0. The first-order chi connectivity index (χ1) is 11.5. The average Bonchev–Trinajstić information content (AvgIpc) is 3.06. The molecule has 2 aromatic carbocycles. The molecule has 0 spiro atoms. The third kappa shape index (κ3) is 3.54. The summed E-state index contributed by atoms with van der Waals surface area (Å²) < 4.78 is 10.6.